The SMILES string of the molecule is CC[C@H]1O[C@@H](n2ccc(=O)n(CCOCCOCCOC)c2=O)C(OC(=O)c2ccccc2)[C@H]1OP(=O)(Oc1ccc(COC(=O)ON2C(=O)CCC2=O)cc1)OC(C)C. The van der Waals surface area contributed by atoms with Gasteiger partial charge in [0.1, 0.15) is 18.5 Å². The average Bonchev–Trinajstić information content (AvgIpc) is 3.72. The molecule has 0 aliphatic carbocycles. The molecular weight excluding hydrogens is 813 g/mol. The van der Waals surface area contributed by atoms with Gasteiger partial charge in [0.05, 0.1) is 57.4 Å². The molecule has 20 nitrogen and oxygen atoms in total. The van der Waals surface area contributed by atoms with E-state index in [-0.39, 0.29) is 63.5 Å². The lowest BCUT2D eigenvalue weighted by Gasteiger charge is -2.28. The van der Waals surface area contributed by atoms with Crippen molar-refractivity contribution in [2.24, 2.45) is 0 Å². The van der Waals surface area contributed by atoms with Crippen LogP contribution in [0.5, 0.6) is 5.75 Å². The highest BCUT2D eigenvalue weighted by Gasteiger charge is 2.53. The third-order valence-electron chi connectivity index (χ3n) is 8.83. The summed E-state index contributed by atoms with van der Waals surface area (Å²) in [5, 5.41) is 0.359. The summed E-state index contributed by atoms with van der Waals surface area (Å²) >= 11 is 0. The summed E-state index contributed by atoms with van der Waals surface area (Å²) in [4.78, 5) is 80.6. The van der Waals surface area contributed by atoms with Crippen LogP contribution in [-0.4, -0.2) is 103 Å². The van der Waals surface area contributed by atoms with Gasteiger partial charge in [-0.1, -0.05) is 42.3 Å². The molecule has 1 aromatic heterocycles. The molecule has 5 rings (SSSR count). The topological polar surface area (TPSA) is 225 Å². The summed E-state index contributed by atoms with van der Waals surface area (Å²) in [7, 11) is -3.07. The number of carbonyl (C=O) groups is 4. The van der Waals surface area contributed by atoms with Crippen LogP contribution in [0.2, 0.25) is 0 Å². The van der Waals surface area contributed by atoms with E-state index in [1.165, 1.54) is 42.6 Å². The van der Waals surface area contributed by atoms with Crippen LogP contribution in [-0.2, 0) is 69.6 Å². The second-order valence-electron chi connectivity index (χ2n) is 13.5. The van der Waals surface area contributed by atoms with E-state index >= 15 is 0 Å². The van der Waals surface area contributed by atoms with Crippen molar-refractivity contribution < 1.29 is 70.6 Å². The Labute approximate surface area is 344 Å². The molecule has 3 heterocycles. The standard InChI is InChI=1S/C39H48N3O17P/c1-5-30-34(59-60(49,57-26(2)3)58-29-13-11-27(12-14-29)25-53-39(48)56-42-32(44)15-16-33(42)45)35(55-37(46)28-9-7-6-8-10-28)36(54-30)41-18-17-31(43)40(38(41)47)19-20-51-23-24-52-22-21-50-4/h6-14,17-18,26,30,34-36H,5,15-16,19-25H2,1-4H3/t30-,34+,35?,36-,60?/m1/s1. The van der Waals surface area contributed by atoms with Gasteiger partial charge in [-0.2, -0.15) is 0 Å². The van der Waals surface area contributed by atoms with Gasteiger partial charge in [0.25, 0.3) is 17.4 Å². The van der Waals surface area contributed by atoms with Crippen LogP contribution >= 0.6 is 7.82 Å². The molecule has 0 N–H and O–H groups in total. The Morgan fingerprint density at radius 1 is 0.867 bits per heavy atom. The highest BCUT2D eigenvalue weighted by atomic mass is 31.2. The van der Waals surface area contributed by atoms with Gasteiger partial charge in [0, 0.05) is 32.2 Å². The van der Waals surface area contributed by atoms with Crippen molar-refractivity contribution in [3.05, 3.63) is 98.8 Å². The zero-order valence-electron chi connectivity index (χ0n) is 33.5. The third kappa shape index (κ3) is 12.4. The Kier molecular flexibility index (Phi) is 16.7. The molecule has 0 spiro atoms. The minimum Gasteiger partial charge on any atom is -0.451 e. The van der Waals surface area contributed by atoms with Crippen molar-refractivity contribution in [1.82, 2.24) is 14.2 Å². The lowest BCUT2D eigenvalue weighted by atomic mass is 10.1. The van der Waals surface area contributed by atoms with Crippen LogP contribution in [0.1, 0.15) is 62.2 Å². The van der Waals surface area contributed by atoms with Gasteiger partial charge in [-0.05, 0) is 50.1 Å². The maximum atomic E-state index is 14.5. The molecule has 60 heavy (non-hydrogen) atoms. The molecule has 2 amide bonds. The summed E-state index contributed by atoms with van der Waals surface area (Å²) < 4.78 is 67.5. The van der Waals surface area contributed by atoms with Crippen LogP contribution in [0, 0.1) is 0 Å². The molecule has 2 aliphatic rings. The van der Waals surface area contributed by atoms with Gasteiger partial charge in [-0.15, -0.1) is 0 Å². The Balaban J connectivity index is 1.35. The first-order chi connectivity index (χ1) is 28.8. The highest BCUT2D eigenvalue weighted by molar-refractivity contribution is 7.49. The number of hydrogen-bond acceptors (Lipinski definition) is 17. The van der Waals surface area contributed by atoms with E-state index in [0.717, 1.165) is 15.2 Å². The number of hydroxylamine groups is 2. The molecule has 2 saturated heterocycles. The molecule has 2 aromatic carbocycles. The quantitative estimate of drug-likeness (QED) is 0.0604. The number of imide groups is 1. The van der Waals surface area contributed by atoms with Gasteiger partial charge in [0.15, 0.2) is 12.3 Å². The Morgan fingerprint density at radius 2 is 1.53 bits per heavy atom. The number of methoxy groups -OCH3 is 1. The van der Waals surface area contributed by atoms with Crippen molar-refractivity contribution in [3.8, 4) is 5.75 Å². The predicted molar refractivity (Wildman–Crippen MR) is 206 cm³/mol. The predicted octanol–water partition coefficient (Wildman–Crippen LogP) is 3.94. The third-order valence-corrected chi connectivity index (χ3v) is 10.4. The largest absolute Gasteiger partial charge is 0.534 e. The fourth-order valence-electron chi connectivity index (χ4n) is 5.98. The lowest BCUT2D eigenvalue weighted by molar-refractivity contribution is -0.177. The van der Waals surface area contributed by atoms with Gasteiger partial charge in [-0.3, -0.25) is 37.4 Å². The molecule has 0 radical (unpaired) electrons. The van der Waals surface area contributed by atoms with Gasteiger partial charge in [-0.25, -0.2) is 18.9 Å². The fourth-order valence-corrected chi connectivity index (χ4v) is 7.57. The number of amides is 2. The van der Waals surface area contributed by atoms with E-state index in [1.54, 1.807) is 46.1 Å². The number of rotatable bonds is 22. The molecule has 2 aliphatic heterocycles. The summed E-state index contributed by atoms with van der Waals surface area (Å²) in [6.45, 7) is 5.81. The van der Waals surface area contributed by atoms with Crippen molar-refractivity contribution in [2.75, 3.05) is 40.1 Å². The molecule has 0 saturated carbocycles. The lowest BCUT2D eigenvalue weighted by Crippen LogP contribution is -2.45. The van der Waals surface area contributed by atoms with E-state index in [1.807, 2.05) is 0 Å². The number of phosphoric ester groups is 1. The van der Waals surface area contributed by atoms with E-state index in [0.29, 0.717) is 23.8 Å². The van der Waals surface area contributed by atoms with Crippen LogP contribution in [0.4, 0.5) is 4.79 Å². The minimum atomic E-state index is -4.63. The summed E-state index contributed by atoms with van der Waals surface area (Å²) in [5.74, 6) is -2.12. The first kappa shape index (κ1) is 45.9. The van der Waals surface area contributed by atoms with Crippen molar-refractivity contribution in [2.45, 2.75) is 83.8 Å². The molecule has 2 unspecified atom stereocenters. The molecule has 3 aromatic rings. The van der Waals surface area contributed by atoms with Crippen molar-refractivity contribution in [3.63, 3.8) is 0 Å². The number of carbonyl (C=O) groups excluding carboxylic acids is 4. The van der Waals surface area contributed by atoms with Crippen LogP contribution < -0.4 is 15.8 Å². The Bertz CT molecular complexity index is 2080. The van der Waals surface area contributed by atoms with E-state index in [2.05, 4.69) is 0 Å². The minimum absolute atomic E-state index is 0.00470. The summed E-state index contributed by atoms with van der Waals surface area (Å²) in [6, 6.07) is 14.9. The summed E-state index contributed by atoms with van der Waals surface area (Å²) in [5.41, 5.74) is -0.807. The molecule has 21 heteroatoms. The molecule has 326 valence electrons. The van der Waals surface area contributed by atoms with E-state index in [4.69, 9.17) is 46.8 Å². The van der Waals surface area contributed by atoms with Crippen molar-refractivity contribution >= 4 is 31.8 Å². The number of benzene rings is 2. The fraction of sp³-hybridized carbons (Fsp3) is 0.487. The molecule has 0 bridgehead atoms. The Morgan fingerprint density at radius 3 is 2.18 bits per heavy atom. The average molecular weight is 862 g/mol. The second-order valence-corrected chi connectivity index (χ2v) is 15.0. The smallest absolute Gasteiger partial charge is 0.451 e. The first-order valence-electron chi connectivity index (χ1n) is 19.2. The molecule has 2 fully saturated rings. The first-order valence-corrected chi connectivity index (χ1v) is 20.6. The number of aromatic nitrogens is 2. The monoisotopic (exact) mass is 861 g/mol. The number of phosphoric acid groups is 1. The van der Waals surface area contributed by atoms with Gasteiger partial charge in [0.2, 0.25) is 0 Å². The maximum absolute atomic E-state index is 14.5. The van der Waals surface area contributed by atoms with E-state index in [9.17, 15) is 33.3 Å². The summed E-state index contributed by atoms with van der Waals surface area (Å²) in [6.07, 6.45) is -5.80. The molecular formula is C39H48N3O17P. The second kappa shape index (κ2) is 21.9. The van der Waals surface area contributed by atoms with Crippen LogP contribution in [0.25, 0.3) is 0 Å². The van der Waals surface area contributed by atoms with Crippen molar-refractivity contribution in [1.29, 1.82) is 0 Å². The van der Waals surface area contributed by atoms with E-state index < -0.39 is 73.7 Å². The van der Waals surface area contributed by atoms with Gasteiger partial charge >= 0.3 is 25.6 Å². The molecule has 5 atom stereocenters. The number of esters is 1. The maximum Gasteiger partial charge on any atom is 0.534 e. The van der Waals surface area contributed by atoms with Crippen LogP contribution in [0.15, 0.2) is 76.4 Å². The number of nitrogens with zero attached hydrogens (tertiary/aromatic N) is 3. The Hall–Kier alpha value is -5.21. The zero-order chi connectivity index (χ0) is 43.2. The van der Waals surface area contributed by atoms with Crippen LogP contribution in [0.3, 0.4) is 0 Å². The number of hydrogen-bond donors (Lipinski definition) is 0. The highest BCUT2D eigenvalue weighted by Crippen LogP contribution is 2.54. The van der Waals surface area contributed by atoms with Gasteiger partial charge < -0.3 is 32.9 Å². The normalized spacial score (nSPS) is 20.0. The zero-order valence-corrected chi connectivity index (χ0v) is 34.4. The number of ether oxygens (including phenoxy) is 6.